The van der Waals surface area contributed by atoms with Crippen molar-refractivity contribution in [3.63, 3.8) is 0 Å². The minimum Gasteiger partial charge on any atom is -0.310 e. The maximum absolute atomic E-state index is 13.1. The summed E-state index contributed by atoms with van der Waals surface area (Å²) in [6.07, 6.45) is 0.583. The summed E-state index contributed by atoms with van der Waals surface area (Å²) in [6.45, 7) is 1.93. The van der Waals surface area contributed by atoms with Crippen molar-refractivity contribution in [2.75, 3.05) is 11.9 Å². The summed E-state index contributed by atoms with van der Waals surface area (Å²) in [5.41, 5.74) is 2.35. The summed E-state index contributed by atoms with van der Waals surface area (Å²) < 4.78 is 1.50. The lowest BCUT2D eigenvalue weighted by Crippen LogP contribution is -2.29. The van der Waals surface area contributed by atoms with Crippen LogP contribution in [0, 0.1) is 0 Å². The van der Waals surface area contributed by atoms with E-state index in [0.29, 0.717) is 33.5 Å². The zero-order valence-corrected chi connectivity index (χ0v) is 15.3. The molecule has 7 heteroatoms. The molecular weight excluding hydrogens is 359 g/mol. The Morgan fingerprint density at radius 2 is 1.80 bits per heavy atom. The number of halogens is 2. The number of para-hydroxylation sites is 1. The van der Waals surface area contributed by atoms with Crippen LogP contribution in [0.5, 0.6) is 0 Å². The van der Waals surface area contributed by atoms with Gasteiger partial charge in [-0.2, -0.15) is 0 Å². The van der Waals surface area contributed by atoms with Gasteiger partial charge < -0.3 is 4.90 Å². The summed E-state index contributed by atoms with van der Waals surface area (Å²) >= 11 is 12.2. The van der Waals surface area contributed by atoms with E-state index >= 15 is 0 Å². The number of hydrogen-bond acceptors (Lipinski definition) is 3. The van der Waals surface area contributed by atoms with Gasteiger partial charge in [0, 0.05) is 17.8 Å². The van der Waals surface area contributed by atoms with Crippen molar-refractivity contribution in [1.82, 2.24) is 15.0 Å². The highest BCUT2D eigenvalue weighted by molar-refractivity contribution is 6.32. The second-order valence-corrected chi connectivity index (χ2v) is 6.29. The molecular formula is C18H16Cl2N4O. The number of aromatic nitrogens is 3. The van der Waals surface area contributed by atoms with Gasteiger partial charge in [0.05, 0.1) is 16.4 Å². The number of nitrogens with zero attached hydrogens (tertiary/aromatic N) is 4. The average Bonchev–Trinajstić information content (AvgIpc) is 3.05. The summed E-state index contributed by atoms with van der Waals surface area (Å²) in [5.74, 6) is -0.218. The maximum atomic E-state index is 13.1. The minimum absolute atomic E-state index is 0.218. The molecule has 1 amide bonds. The highest BCUT2D eigenvalue weighted by Crippen LogP contribution is 2.24. The van der Waals surface area contributed by atoms with Gasteiger partial charge in [0.1, 0.15) is 0 Å². The molecule has 0 fully saturated rings. The molecule has 0 spiro atoms. The molecule has 0 aliphatic heterocycles. The molecule has 0 saturated heterocycles. The normalized spacial score (nSPS) is 10.7. The van der Waals surface area contributed by atoms with Crippen LogP contribution in [0.1, 0.15) is 23.1 Å². The number of amides is 1. The molecule has 0 atom stereocenters. The number of hydrogen-bond donors (Lipinski definition) is 0. The third-order valence-electron chi connectivity index (χ3n) is 3.88. The maximum Gasteiger partial charge on any atom is 0.278 e. The lowest BCUT2D eigenvalue weighted by molar-refractivity contribution is 0.0984. The van der Waals surface area contributed by atoms with Gasteiger partial charge in [-0.1, -0.05) is 47.5 Å². The largest absolute Gasteiger partial charge is 0.310 e. The molecule has 128 valence electrons. The van der Waals surface area contributed by atoms with E-state index in [1.807, 2.05) is 19.1 Å². The van der Waals surface area contributed by atoms with E-state index in [4.69, 9.17) is 23.2 Å². The zero-order chi connectivity index (χ0) is 18.0. The van der Waals surface area contributed by atoms with E-state index in [1.165, 1.54) is 4.68 Å². The fourth-order valence-electron chi connectivity index (χ4n) is 2.50. The molecule has 3 rings (SSSR count). The van der Waals surface area contributed by atoms with Crippen LogP contribution in [0.4, 0.5) is 5.69 Å². The van der Waals surface area contributed by atoms with Crippen molar-refractivity contribution >= 4 is 34.8 Å². The summed E-state index contributed by atoms with van der Waals surface area (Å²) in [7, 11) is 1.70. The van der Waals surface area contributed by atoms with Crippen LogP contribution < -0.4 is 4.90 Å². The van der Waals surface area contributed by atoms with E-state index in [2.05, 4.69) is 10.3 Å². The van der Waals surface area contributed by atoms with E-state index in [9.17, 15) is 4.79 Å². The van der Waals surface area contributed by atoms with Gasteiger partial charge in [0.2, 0.25) is 0 Å². The molecule has 1 aromatic heterocycles. The molecule has 0 bridgehead atoms. The van der Waals surface area contributed by atoms with Crippen LogP contribution >= 0.6 is 23.2 Å². The highest BCUT2D eigenvalue weighted by atomic mass is 35.5. The SMILES string of the molecule is CCc1nnn(-c2ccccc2Cl)c1C(=O)N(C)c1ccc(Cl)cc1. The summed E-state index contributed by atoms with van der Waals surface area (Å²) in [5, 5.41) is 9.40. The Balaban J connectivity index is 2.06. The first kappa shape index (κ1) is 17.5. The van der Waals surface area contributed by atoms with Crippen molar-refractivity contribution in [3.8, 4) is 5.69 Å². The van der Waals surface area contributed by atoms with E-state index < -0.39 is 0 Å². The molecule has 0 aliphatic rings. The third kappa shape index (κ3) is 3.38. The second-order valence-electron chi connectivity index (χ2n) is 5.44. The number of benzene rings is 2. The van der Waals surface area contributed by atoms with Gasteiger partial charge in [0.25, 0.3) is 5.91 Å². The number of anilines is 1. The van der Waals surface area contributed by atoms with Crippen molar-refractivity contribution < 1.29 is 4.79 Å². The molecule has 0 N–H and O–H groups in total. The lowest BCUT2D eigenvalue weighted by atomic mass is 10.2. The minimum atomic E-state index is -0.218. The Labute approximate surface area is 155 Å². The standard InChI is InChI=1S/C18H16Cl2N4O/c1-3-15-17(18(25)23(2)13-10-8-12(19)9-11-13)24(22-21-15)16-7-5-4-6-14(16)20/h4-11H,3H2,1-2H3. The summed E-state index contributed by atoms with van der Waals surface area (Å²) in [6, 6.07) is 14.3. The average molecular weight is 375 g/mol. The van der Waals surface area contributed by atoms with Gasteiger partial charge in [0.15, 0.2) is 5.69 Å². The van der Waals surface area contributed by atoms with Crippen LogP contribution in [-0.2, 0) is 6.42 Å². The van der Waals surface area contributed by atoms with Crippen LogP contribution in [0.25, 0.3) is 5.69 Å². The Bertz CT molecular complexity index is 906. The van der Waals surface area contributed by atoms with Gasteiger partial charge in [-0.05, 0) is 42.8 Å². The molecule has 2 aromatic carbocycles. The molecule has 25 heavy (non-hydrogen) atoms. The molecule has 0 saturated carbocycles. The monoisotopic (exact) mass is 374 g/mol. The number of rotatable bonds is 4. The number of carbonyl (C=O) groups excluding carboxylic acids is 1. The van der Waals surface area contributed by atoms with Crippen molar-refractivity contribution in [2.45, 2.75) is 13.3 Å². The van der Waals surface area contributed by atoms with Crippen molar-refractivity contribution in [3.05, 3.63) is 70.0 Å². The first-order valence-electron chi connectivity index (χ1n) is 7.76. The number of carbonyl (C=O) groups is 1. The molecule has 1 heterocycles. The Morgan fingerprint density at radius 1 is 1.12 bits per heavy atom. The van der Waals surface area contributed by atoms with Gasteiger partial charge in [-0.25, -0.2) is 4.68 Å². The Morgan fingerprint density at radius 3 is 2.44 bits per heavy atom. The van der Waals surface area contributed by atoms with Crippen LogP contribution in [-0.4, -0.2) is 27.9 Å². The topological polar surface area (TPSA) is 51.0 Å². The predicted octanol–water partition coefficient (Wildman–Crippen LogP) is 4.41. The van der Waals surface area contributed by atoms with E-state index in [0.717, 1.165) is 5.69 Å². The first-order valence-corrected chi connectivity index (χ1v) is 8.51. The highest BCUT2D eigenvalue weighted by Gasteiger charge is 2.25. The van der Waals surface area contributed by atoms with Crippen LogP contribution in [0.3, 0.4) is 0 Å². The molecule has 5 nitrogen and oxygen atoms in total. The third-order valence-corrected chi connectivity index (χ3v) is 4.45. The molecule has 3 aromatic rings. The Kier molecular flexibility index (Phi) is 5.06. The van der Waals surface area contributed by atoms with Crippen molar-refractivity contribution in [2.24, 2.45) is 0 Å². The first-order chi connectivity index (χ1) is 12.0. The van der Waals surface area contributed by atoms with Gasteiger partial charge in [-0.15, -0.1) is 5.10 Å². The van der Waals surface area contributed by atoms with E-state index in [1.54, 1.807) is 48.3 Å². The lowest BCUT2D eigenvalue weighted by Gasteiger charge is -2.18. The number of aryl methyl sites for hydroxylation is 1. The fraction of sp³-hybridized carbons (Fsp3) is 0.167. The van der Waals surface area contributed by atoms with Crippen molar-refractivity contribution in [1.29, 1.82) is 0 Å². The smallest absolute Gasteiger partial charge is 0.278 e. The molecule has 0 unspecified atom stereocenters. The quantitative estimate of drug-likeness (QED) is 0.679. The Hall–Kier alpha value is -2.37. The van der Waals surface area contributed by atoms with Crippen LogP contribution in [0.15, 0.2) is 48.5 Å². The van der Waals surface area contributed by atoms with Crippen LogP contribution in [0.2, 0.25) is 10.0 Å². The second kappa shape index (κ2) is 7.25. The zero-order valence-electron chi connectivity index (χ0n) is 13.8. The predicted molar refractivity (Wildman–Crippen MR) is 99.9 cm³/mol. The molecule has 0 aliphatic carbocycles. The fourth-order valence-corrected chi connectivity index (χ4v) is 2.84. The summed E-state index contributed by atoms with van der Waals surface area (Å²) in [4.78, 5) is 14.7. The van der Waals surface area contributed by atoms with Gasteiger partial charge in [-0.3, -0.25) is 4.79 Å². The van der Waals surface area contributed by atoms with Gasteiger partial charge >= 0.3 is 0 Å². The molecule has 0 radical (unpaired) electrons. The van der Waals surface area contributed by atoms with E-state index in [-0.39, 0.29) is 5.91 Å².